The van der Waals surface area contributed by atoms with Crippen LogP contribution in [-0.4, -0.2) is 74.9 Å². The van der Waals surface area contributed by atoms with Crippen molar-refractivity contribution in [1.29, 1.82) is 0 Å². The highest BCUT2D eigenvalue weighted by Gasteiger charge is 2.22. The van der Waals surface area contributed by atoms with E-state index in [1.165, 1.54) is 13.8 Å². The summed E-state index contributed by atoms with van der Waals surface area (Å²) in [6.45, 7) is 6.81. The van der Waals surface area contributed by atoms with Gasteiger partial charge in [-0.3, -0.25) is 19.6 Å². The van der Waals surface area contributed by atoms with E-state index < -0.39 is 0 Å². The Morgan fingerprint density at radius 2 is 1.26 bits per heavy atom. The lowest BCUT2D eigenvalue weighted by molar-refractivity contribution is 0.0995. The van der Waals surface area contributed by atoms with Crippen LogP contribution in [0.25, 0.3) is 21.8 Å². The molecule has 0 spiro atoms. The molecule has 2 N–H and O–H groups in total. The van der Waals surface area contributed by atoms with Gasteiger partial charge in [0.25, 0.3) is 0 Å². The summed E-state index contributed by atoms with van der Waals surface area (Å²) < 4.78 is 3.34. The monoisotopic (exact) mass is 620 g/mol. The first-order chi connectivity index (χ1) is 22.2. The molecule has 0 fully saturated rings. The third kappa shape index (κ3) is 6.72. The van der Waals surface area contributed by atoms with Crippen molar-refractivity contribution in [2.24, 2.45) is 0 Å². The van der Waals surface area contributed by atoms with Gasteiger partial charge < -0.3 is 10.2 Å². The maximum atomic E-state index is 12.0. The van der Waals surface area contributed by atoms with Crippen molar-refractivity contribution < 1.29 is 19.8 Å². The van der Waals surface area contributed by atoms with E-state index in [1.807, 2.05) is 68.4 Å². The second kappa shape index (κ2) is 14.3. The Bertz CT molecular complexity index is 2000. The van der Waals surface area contributed by atoms with Gasteiger partial charge in [0.15, 0.2) is 17.3 Å². The average molecular weight is 621 g/mol. The molecule has 2 aromatic carbocycles. The number of aliphatic hydroxyl groups is 2. The Hall–Kier alpha value is -5.20. The molecule has 46 heavy (non-hydrogen) atoms. The number of carbonyl (C=O) groups is 2. The zero-order chi connectivity index (χ0) is 32.8. The topological polar surface area (TPSA) is 162 Å². The maximum absolute atomic E-state index is 12.0. The van der Waals surface area contributed by atoms with Crippen LogP contribution in [0.4, 0.5) is 0 Å². The fourth-order valence-corrected chi connectivity index (χ4v) is 5.46. The Kier molecular flexibility index (Phi) is 9.99. The Balaban J connectivity index is 0.000000181. The van der Waals surface area contributed by atoms with Crippen molar-refractivity contribution in [3.63, 3.8) is 0 Å². The van der Waals surface area contributed by atoms with Crippen molar-refractivity contribution in [1.82, 2.24) is 40.0 Å². The summed E-state index contributed by atoms with van der Waals surface area (Å²) in [5.41, 5.74) is 5.91. The van der Waals surface area contributed by atoms with Gasteiger partial charge in [0.1, 0.15) is 5.69 Å². The largest absolute Gasteiger partial charge is 0.396 e. The average Bonchev–Trinajstić information content (AvgIpc) is 3.69. The molecule has 4 heterocycles. The van der Waals surface area contributed by atoms with E-state index in [4.69, 9.17) is 5.11 Å². The van der Waals surface area contributed by atoms with Crippen molar-refractivity contribution in [2.75, 3.05) is 13.2 Å². The van der Waals surface area contributed by atoms with Crippen LogP contribution in [0.5, 0.6) is 0 Å². The lowest BCUT2D eigenvalue weighted by atomic mass is 10.0. The number of Topliss-reactive ketones (excluding diaryl/α,β-unsaturated/α-hetero) is 2. The zero-order valence-corrected chi connectivity index (χ0v) is 26.2. The molecule has 0 aliphatic carbocycles. The van der Waals surface area contributed by atoms with Gasteiger partial charge in [0.05, 0.1) is 34.5 Å². The molecule has 0 saturated heterocycles. The van der Waals surface area contributed by atoms with Crippen LogP contribution in [-0.2, 0) is 12.8 Å². The second-order valence-corrected chi connectivity index (χ2v) is 11.0. The zero-order valence-electron chi connectivity index (χ0n) is 26.2. The molecule has 2 atom stereocenters. The van der Waals surface area contributed by atoms with Crippen molar-refractivity contribution in [3.05, 3.63) is 107 Å². The number of hydrogen-bond donors (Lipinski definition) is 2. The van der Waals surface area contributed by atoms with E-state index in [1.54, 1.807) is 21.8 Å². The number of pyridine rings is 2. The van der Waals surface area contributed by atoms with Crippen LogP contribution < -0.4 is 0 Å². The normalized spacial score (nSPS) is 12.5. The van der Waals surface area contributed by atoms with Gasteiger partial charge in [-0.1, -0.05) is 34.7 Å². The minimum atomic E-state index is -0.144. The summed E-state index contributed by atoms with van der Waals surface area (Å²) in [6, 6.07) is 19.6. The van der Waals surface area contributed by atoms with E-state index in [0.717, 1.165) is 32.9 Å². The summed E-state index contributed by atoms with van der Waals surface area (Å²) in [5.74, 6) is -0.248. The Labute approximate surface area is 265 Å². The number of hydrogen-bond acceptors (Lipinski definition) is 10. The van der Waals surface area contributed by atoms with Gasteiger partial charge >= 0.3 is 0 Å². The standard InChI is InChI=1S/2C17H18N4O2/c1-11(13-5-6-15-14(10-13)4-3-8-18-15)21-16(7-9-22)17(12(2)23)19-20-21;1-11(13-5-6-15-14(10-13)4-3-8-18-15)21-17(12(2)23)16(7-9-22)19-20-21/h2*3-6,8,10-11,22H,7,9H2,1-2H3. The van der Waals surface area contributed by atoms with Crippen LogP contribution in [0, 0.1) is 0 Å². The predicted octanol–water partition coefficient (Wildman–Crippen LogP) is 4.35. The highest BCUT2D eigenvalue weighted by Crippen LogP contribution is 2.25. The molecule has 12 nitrogen and oxygen atoms in total. The van der Waals surface area contributed by atoms with E-state index in [2.05, 4.69) is 36.7 Å². The van der Waals surface area contributed by atoms with Gasteiger partial charge in [-0.15, -0.1) is 10.2 Å². The lowest BCUT2D eigenvalue weighted by Crippen LogP contribution is -2.15. The number of fused-ring (bicyclic) bond motifs is 2. The van der Waals surface area contributed by atoms with Crippen LogP contribution >= 0.6 is 0 Å². The second-order valence-electron chi connectivity index (χ2n) is 11.0. The molecule has 0 aliphatic heterocycles. The van der Waals surface area contributed by atoms with E-state index in [-0.39, 0.29) is 36.9 Å². The first-order valence-corrected chi connectivity index (χ1v) is 15.0. The predicted molar refractivity (Wildman–Crippen MR) is 173 cm³/mol. The molecule has 0 radical (unpaired) electrons. The quantitative estimate of drug-likeness (QED) is 0.211. The van der Waals surface area contributed by atoms with Crippen molar-refractivity contribution >= 4 is 33.4 Å². The lowest BCUT2D eigenvalue weighted by Gasteiger charge is -2.16. The van der Waals surface area contributed by atoms with Crippen molar-refractivity contribution in [2.45, 2.75) is 52.6 Å². The summed E-state index contributed by atoms with van der Waals surface area (Å²) in [4.78, 5) is 32.3. The summed E-state index contributed by atoms with van der Waals surface area (Å²) in [6.07, 6.45) is 4.20. The summed E-state index contributed by atoms with van der Waals surface area (Å²) in [7, 11) is 0. The molecular weight excluding hydrogens is 584 g/mol. The van der Waals surface area contributed by atoms with Crippen LogP contribution in [0.15, 0.2) is 73.1 Å². The van der Waals surface area contributed by atoms with Gasteiger partial charge in [-0.2, -0.15) is 0 Å². The number of ketones is 2. The van der Waals surface area contributed by atoms with Gasteiger partial charge in [0.2, 0.25) is 0 Å². The molecule has 12 heteroatoms. The molecule has 0 saturated carbocycles. The number of benzene rings is 2. The molecule has 6 aromatic rings. The minimum absolute atomic E-state index is 0.0536. The third-order valence-corrected chi connectivity index (χ3v) is 7.87. The third-order valence-electron chi connectivity index (χ3n) is 7.87. The number of rotatable bonds is 10. The highest BCUT2D eigenvalue weighted by molar-refractivity contribution is 5.93. The number of aromatic nitrogens is 8. The molecule has 0 bridgehead atoms. The first kappa shape index (κ1) is 32.2. The molecule has 236 valence electrons. The molecule has 4 aromatic heterocycles. The molecule has 0 amide bonds. The Morgan fingerprint density at radius 1 is 0.717 bits per heavy atom. The molecule has 0 aliphatic rings. The van der Waals surface area contributed by atoms with Gasteiger partial charge in [-0.05, 0) is 61.4 Å². The summed E-state index contributed by atoms with van der Waals surface area (Å²) >= 11 is 0. The van der Waals surface area contributed by atoms with Crippen LogP contribution in [0.3, 0.4) is 0 Å². The van der Waals surface area contributed by atoms with E-state index in [0.29, 0.717) is 35.6 Å². The fourth-order valence-electron chi connectivity index (χ4n) is 5.46. The van der Waals surface area contributed by atoms with E-state index in [9.17, 15) is 14.7 Å². The van der Waals surface area contributed by atoms with Crippen LogP contribution in [0.2, 0.25) is 0 Å². The minimum Gasteiger partial charge on any atom is -0.396 e. The number of nitrogens with zero attached hydrogens (tertiary/aromatic N) is 8. The van der Waals surface area contributed by atoms with E-state index >= 15 is 0 Å². The van der Waals surface area contributed by atoms with Gasteiger partial charge in [0, 0.05) is 63.1 Å². The fraction of sp³-hybridized carbons (Fsp3) is 0.294. The molecule has 2 unspecified atom stereocenters. The van der Waals surface area contributed by atoms with Crippen molar-refractivity contribution in [3.8, 4) is 0 Å². The number of carbonyl (C=O) groups excluding carboxylic acids is 2. The maximum Gasteiger partial charge on any atom is 0.181 e. The highest BCUT2D eigenvalue weighted by atomic mass is 16.3. The smallest absolute Gasteiger partial charge is 0.181 e. The van der Waals surface area contributed by atoms with Gasteiger partial charge in [-0.25, -0.2) is 9.36 Å². The number of aliphatic hydroxyl groups excluding tert-OH is 2. The molecular formula is C34H36N8O4. The van der Waals surface area contributed by atoms with Crippen LogP contribution in [0.1, 0.15) is 83.3 Å². The molecule has 6 rings (SSSR count). The Morgan fingerprint density at radius 3 is 1.78 bits per heavy atom. The SMILES string of the molecule is CC(=O)c1c(CCO)nnn1C(C)c1ccc2ncccc2c1.CC(=O)c1nnn(C(C)c2ccc3ncccc3c2)c1CCO. The first-order valence-electron chi connectivity index (χ1n) is 15.0. The summed E-state index contributed by atoms with van der Waals surface area (Å²) in [5, 5.41) is 36.8.